The number of benzene rings is 2. The zero-order valence-electron chi connectivity index (χ0n) is 14.1. The van der Waals surface area contributed by atoms with Gasteiger partial charge in [-0.3, -0.25) is 0 Å². The van der Waals surface area contributed by atoms with Gasteiger partial charge in [0.1, 0.15) is 12.3 Å². The molecule has 0 unspecified atom stereocenters. The van der Waals surface area contributed by atoms with Gasteiger partial charge in [-0.25, -0.2) is 4.79 Å². The van der Waals surface area contributed by atoms with E-state index in [0.29, 0.717) is 5.70 Å². The molecule has 2 aromatic rings. The highest BCUT2D eigenvalue weighted by atomic mass is 16.5. The molecule has 3 nitrogen and oxygen atoms in total. The fourth-order valence-electron chi connectivity index (χ4n) is 2.27. The van der Waals surface area contributed by atoms with Crippen molar-refractivity contribution in [2.45, 2.75) is 19.9 Å². The van der Waals surface area contributed by atoms with Crippen LogP contribution in [0.2, 0.25) is 0 Å². The fraction of sp³-hybridized carbons (Fsp3) is 0.190. The highest BCUT2D eigenvalue weighted by molar-refractivity contribution is 5.87. The summed E-state index contributed by atoms with van der Waals surface area (Å²) in [6.07, 6.45) is 5.51. The van der Waals surface area contributed by atoms with E-state index in [-0.39, 0.29) is 18.6 Å². The van der Waals surface area contributed by atoms with Crippen LogP contribution in [0.1, 0.15) is 31.0 Å². The van der Waals surface area contributed by atoms with E-state index in [2.05, 4.69) is 5.32 Å². The van der Waals surface area contributed by atoms with Crippen LogP contribution in [0.4, 0.5) is 0 Å². The Bertz CT molecular complexity index is 690. The predicted molar refractivity (Wildman–Crippen MR) is 98.2 cm³/mol. The Kier molecular flexibility index (Phi) is 6.84. The van der Waals surface area contributed by atoms with E-state index in [1.165, 1.54) is 0 Å². The summed E-state index contributed by atoms with van der Waals surface area (Å²) in [6, 6.07) is 19.9. The normalized spacial score (nSPS) is 12.8. The van der Waals surface area contributed by atoms with Crippen LogP contribution in [-0.2, 0) is 9.53 Å². The van der Waals surface area contributed by atoms with Gasteiger partial charge in [0.15, 0.2) is 0 Å². The van der Waals surface area contributed by atoms with E-state index in [1.807, 2.05) is 86.7 Å². The molecule has 1 atom stereocenters. The third-order valence-corrected chi connectivity index (χ3v) is 3.60. The SMILES string of the molecule is C/C=C(\N[C@@H](C)c1ccccc1)C(=O)OCC=Cc1ccccc1. The molecule has 0 fully saturated rings. The van der Waals surface area contributed by atoms with Crippen molar-refractivity contribution in [2.24, 2.45) is 0 Å². The summed E-state index contributed by atoms with van der Waals surface area (Å²) >= 11 is 0. The van der Waals surface area contributed by atoms with Crippen LogP contribution in [0.15, 0.2) is 78.5 Å². The Morgan fingerprint density at radius 2 is 1.71 bits per heavy atom. The number of carbonyl (C=O) groups excluding carboxylic acids is 1. The predicted octanol–water partition coefficient (Wildman–Crippen LogP) is 4.50. The van der Waals surface area contributed by atoms with Crippen molar-refractivity contribution in [3.05, 3.63) is 89.6 Å². The minimum absolute atomic E-state index is 0.0322. The molecular weight excluding hydrogens is 298 g/mol. The summed E-state index contributed by atoms with van der Waals surface area (Å²) in [5.74, 6) is -0.349. The van der Waals surface area contributed by atoms with E-state index in [9.17, 15) is 4.79 Å². The number of allylic oxidation sites excluding steroid dienone is 1. The molecule has 0 aliphatic heterocycles. The molecule has 0 saturated carbocycles. The molecule has 1 N–H and O–H groups in total. The van der Waals surface area contributed by atoms with E-state index in [0.717, 1.165) is 11.1 Å². The van der Waals surface area contributed by atoms with Crippen LogP contribution >= 0.6 is 0 Å². The summed E-state index contributed by atoms with van der Waals surface area (Å²) in [6.45, 7) is 4.08. The van der Waals surface area contributed by atoms with E-state index < -0.39 is 0 Å². The van der Waals surface area contributed by atoms with Gasteiger partial charge in [0, 0.05) is 6.04 Å². The van der Waals surface area contributed by atoms with Gasteiger partial charge in [0.05, 0.1) is 0 Å². The maximum atomic E-state index is 12.2. The lowest BCUT2D eigenvalue weighted by atomic mass is 10.1. The van der Waals surface area contributed by atoms with Gasteiger partial charge < -0.3 is 10.1 Å². The lowest BCUT2D eigenvalue weighted by Gasteiger charge is -2.17. The molecule has 24 heavy (non-hydrogen) atoms. The van der Waals surface area contributed by atoms with Gasteiger partial charge in [-0.05, 0) is 31.1 Å². The molecule has 0 aromatic heterocycles. The lowest BCUT2D eigenvalue weighted by molar-refractivity contribution is -0.138. The molecule has 0 spiro atoms. The quantitative estimate of drug-likeness (QED) is 0.603. The van der Waals surface area contributed by atoms with Crippen molar-refractivity contribution in [1.82, 2.24) is 5.32 Å². The first-order valence-electron chi connectivity index (χ1n) is 8.07. The summed E-state index contributed by atoms with van der Waals surface area (Å²) in [7, 11) is 0. The summed E-state index contributed by atoms with van der Waals surface area (Å²) in [5, 5.41) is 3.20. The molecule has 124 valence electrons. The highest BCUT2D eigenvalue weighted by Gasteiger charge is 2.13. The second kappa shape index (κ2) is 9.36. The Hall–Kier alpha value is -2.81. The standard InChI is InChI=1S/C21H23NO2/c1-3-20(22-17(2)19-14-8-5-9-15-19)21(23)24-16-10-13-18-11-6-4-7-12-18/h3-15,17,22H,16H2,1-2H3/b13-10?,20-3-/t17-/m0/s1. The van der Waals surface area contributed by atoms with Crippen molar-refractivity contribution >= 4 is 12.0 Å². The molecule has 0 aliphatic rings. The molecule has 3 heteroatoms. The van der Waals surface area contributed by atoms with Crippen LogP contribution in [0.3, 0.4) is 0 Å². The van der Waals surface area contributed by atoms with E-state index >= 15 is 0 Å². The fourth-order valence-corrected chi connectivity index (χ4v) is 2.27. The molecule has 0 saturated heterocycles. The highest BCUT2D eigenvalue weighted by Crippen LogP contribution is 2.13. The zero-order valence-corrected chi connectivity index (χ0v) is 14.1. The van der Waals surface area contributed by atoms with E-state index in [4.69, 9.17) is 4.74 Å². The number of nitrogens with one attached hydrogen (secondary N) is 1. The summed E-state index contributed by atoms with van der Waals surface area (Å²) in [5.41, 5.74) is 2.67. The molecule has 0 heterocycles. The number of ether oxygens (including phenoxy) is 1. The minimum atomic E-state index is -0.349. The van der Waals surface area contributed by atoms with Crippen LogP contribution < -0.4 is 5.32 Å². The maximum absolute atomic E-state index is 12.2. The number of esters is 1. The molecular formula is C21H23NO2. The van der Waals surface area contributed by atoms with Gasteiger partial charge >= 0.3 is 5.97 Å². The number of rotatable bonds is 7. The maximum Gasteiger partial charge on any atom is 0.354 e. The first-order valence-corrected chi connectivity index (χ1v) is 8.07. The first-order chi connectivity index (χ1) is 11.7. The Morgan fingerprint density at radius 3 is 2.33 bits per heavy atom. The number of hydrogen-bond acceptors (Lipinski definition) is 3. The number of carbonyl (C=O) groups is 1. The molecule has 0 bridgehead atoms. The van der Waals surface area contributed by atoms with Crippen molar-refractivity contribution in [3.8, 4) is 0 Å². The van der Waals surface area contributed by atoms with Crippen LogP contribution in [0.5, 0.6) is 0 Å². The Labute approximate surface area is 143 Å². The van der Waals surface area contributed by atoms with Crippen LogP contribution in [0, 0.1) is 0 Å². The minimum Gasteiger partial charge on any atom is -0.457 e. The van der Waals surface area contributed by atoms with Crippen molar-refractivity contribution < 1.29 is 9.53 Å². The van der Waals surface area contributed by atoms with Crippen LogP contribution in [0.25, 0.3) is 6.08 Å². The third kappa shape index (κ3) is 5.43. The zero-order chi connectivity index (χ0) is 17.2. The van der Waals surface area contributed by atoms with Crippen molar-refractivity contribution in [3.63, 3.8) is 0 Å². The topological polar surface area (TPSA) is 38.3 Å². The van der Waals surface area contributed by atoms with Gasteiger partial charge in [0.25, 0.3) is 0 Å². The molecule has 2 rings (SSSR count). The van der Waals surface area contributed by atoms with Gasteiger partial charge in [-0.2, -0.15) is 0 Å². The average Bonchev–Trinajstić information content (AvgIpc) is 2.64. The third-order valence-electron chi connectivity index (χ3n) is 3.60. The molecule has 0 aliphatic carbocycles. The van der Waals surface area contributed by atoms with Crippen molar-refractivity contribution in [2.75, 3.05) is 6.61 Å². The average molecular weight is 321 g/mol. The first kappa shape index (κ1) is 17.5. The summed E-state index contributed by atoms with van der Waals surface area (Å²) < 4.78 is 5.30. The number of hydrogen-bond donors (Lipinski definition) is 1. The van der Waals surface area contributed by atoms with Gasteiger partial charge in [-0.15, -0.1) is 0 Å². The Morgan fingerprint density at radius 1 is 1.08 bits per heavy atom. The van der Waals surface area contributed by atoms with E-state index in [1.54, 1.807) is 6.08 Å². The molecule has 2 aromatic carbocycles. The van der Waals surface area contributed by atoms with Gasteiger partial charge in [-0.1, -0.05) is 72.8 Å². The van der Waals surface area contributed by atoms with Gasteiger partial charge in [0.2, 0.25) is 0 Å². The van der Waals surface area contributed by atoms with Crippen LogP contribution in [-0.4, -0.2) is 12.6 Å². The summed E-state index contributed by atoms with van der Waals surface area (Å²) in [4.78, 5) is 12.2. The monoisotopic (exact) mass is 321 g/mol. The largest absolute Gasteiger partial charge is 0.457 e. The Balaban J connectivity index is 1.84. The van der Waals surface area contributed by atoms with Crippen molar-refractivity contribution in [1.29, 1.82) is 0 Å². The smallest absolute Gasteiger partial charge is 0.354 e. The second-order valence-corrected chi connectivity index (χ2v) is 5.39. The lowest BCUT2D eigenvalue weighted by Crippen LogP contribution is -2.25. The molecule has 0 amide bonds. The second-order valence-electron chi connectivity index (χ2n) is 5.39. The molecule has 0 radical (unpaired) electrons.